The minimum Gasteiger partial charge on any atom is -0.394 e. The first-order valence-corrected chi connectivity index (χ1v) is 8.57. The molecule has 0 saturated carbocycles. The SMILES string of the molecule is CCC1(CO)CCCN1C(=O)NCc1cc(=O)[nH]c(SC)n1. The van der Waals surface area contributed by atoms with E-state index < -0.39 is 5.54 Å². The van der Waals surface area contributed by atoms with Gasteiger partial charge in [-0.2, -0.15) is 0 Å². The van der Waals surface area contributed by atoms with Gasteiger partial charge in [0.05, 0.1) is 24.4 Å². The van der Waals surface area contributed by atoms with Gasteiger partial charge < -0.3 is 20.3 Å². The maximum atomic E-state index is 12.4. The summed E-state index contributed by atoms with van der Waals surface area (Å²) < 4.78 is 0. The first-order chi connectivity index (χ1) is 10.5. The number of aromatic amines is 1. The van der Waals surface area contributed by atoms with Crippen molar-refractivity contribution in [1.29, 1.82) is 0 Å². The molecular weight excluding hydrogens is 304 g/mol. The number of amides is 2. The van der Waals surface area contributed by atoms with Crippen LogP contribution in [-0.2, 0) is 6.54 Å². The van der Waals surface area contributed by atoms with Gasteiger partial charge in [0.2, 0.25) is 0 Å². The summed E-state index contributed by atoms with van der Waals surface area (Å²) in [6.45, 7) is 2.78. The van der Waals surface area contributed by atoms with Crippen LogP contribution in [0, 0.1) is 0 Å². The molecule has 8 heteroatoms. The van der Waals surface area contributed by atoms with Crippen molar-refractivity contribution in [3.05, 3.63) is 22.1 Å². The van der Waals surface area contributed by atoms with Crippen molar-refractivity contribution >= 4 is 17.8 Å². The minimum absolute atomic E-state index is 0.0310. The number of rotatable bonds is 5. The summed E-state index contributed by atoms with van der Waals surface area (Å²) in [5.74, 6) is 0. The van der Waals surface area contributed by atoms with Crippen LogP contribution in [0.25, 0.3) is 0 Å². The average Bonchev–Trinajstić information content (AvgIpc) is 2.96. The maximum Gasteiger partial charge on any atom is 0.318 e. The van der Waals surface area contributed by atoms with Gasteiger partial charge in [-0.3, -0.25) is 4.79 Å². The highest BCUT2D eigenvalue weighted by Crippen LogP contribution is 2.31. The molecule has 0 radical (unpaired) electrons. The Morgan fingerprint density at radius 1 is 1.64 bits per heavy atom. The number of carbonyl (C=O) groups is 1. The molecule has 1 aliphatic heterocycles. The van der Waals surface area contributed by atoms with E-state index in [0.717, 1.165) is 19.3 Å². The van der Waals surface area contributed by atoms with Gasteiger partial charge in [0, 0.05) is 12.6 Å². The van der Waals surface area contributed by atoms with Gasteiger partial charge in [0.25, 0.3) is 5.56 Å². The number of likely N-dealkylation sites (tertiary alicyclic amines) is 1. The number of thioether (sulfide) groups is 1. The van der Waals surface area contributed by atoms with Crippen LogP contribution in [0.1, 0.15) is 31.9 Å². The molecule has 0 bridgehead atoms. The summed E-state index contributed by atoms with van der Waals surface area (Å²) in [7, 11) is 0. The summed E-state index contributed by atoms with van der Waals surface area (Å²) >= 11 is 1.34. The molecular formula is C14H22N4O3S. The molecule has 1 aliphatic rings. The average molecular weight is 326 g/mol. The smallest absolute Gasteiger partial charge is 0.318 e. The fourth-order valence-corrected chi connectivity index (χ4v) is 3.24. The lowest BCUT2D eigenvalue weighted by molar-refractivity contribution is 0.0808. The van der Waals surface area contributed by atoms with Crippen LogP contribution in [-0.4, -0.2) is 51.0 Å². The molecule has 22 heavy (non-hydrogen) atoms. The van der Waals surface area contributed by atoms with Crippen molar-refractivity contribution in [2.24, 2.45) is 0 Å². The Labute approximate surface area is 133 Å². The summed E-state index contributed by atoms with van der Waals surface area (Å²) in [6, 6.07) is 1.16. The van der Waals surface area contributed by atoms with Crippen LogP contribution in [0.5, 0.6) is 0 Å². The largest absolute Gasteiger partial charge is 0.394 e. The summed E-state index contributed by atoms with van der Waals surface area (Å²) in [6.07, 6.45) is 4.24. The highest BCUT2D eigenvalue weighted by Gasteiger charge is 2.41. The Kier molecular flexibility index (Phi) is 5.47. The molecule has 0 aliphatic carbocycles. The standard InChI is InChI=1S/C14H22N4O3S/c1-3-14(9-19)5-4-6-18(14)13(21)15-8-10-7-11(20)17-12(16-10)22-2/h7,19H,3-6,8-9H2,1-2H3,(H,15,21)(H,16,17,20). The summed E-state index contributed by atoms with van der Waals surface area (Å²) in [4.78, 5) is 32.4. The van der Waals surface area contributed by atoms with E-state index in [1.807, 2.05) is 13.2 Å². The highest BCUT2D eigenvalue weighted by molar-refractivity contribution is 7.98. The van der Waals surface area contributed by atoms with Gasteiger partial charge in [-0.1, -0.05) is 18.7 Å². The number of H-pyrrole nitrogens is 1. The third kappa shape index (κ3) is 3.44. The number of hydrogen-bond donors (Lipinski definition) is 3. The number of hydrogen-bond acceptors (Lipinski definition) is 5. The number of urea groups is 1. The van der Waals surface area contributed by atoms with Gasteiger partial charge >= 0.3 is 6.03 Å². The van der Waals surface area contributed by atoms with Crippen molar-refractivity contribution in [2.75, 3.05) is 19.4 Å². The summed E-state index contributed by atoms with van der Waals surface area (Å²) in [5, 5.41) is 13.0. The monoisotopic (exact) mass is 326 g/mol. The number of aromatic nitrogens is 2. The van der Waals surface area contributed by atoms with Gasteiger partial charge in [-0.25, -0.2) is 9.78 Å². The van der Waals surface area contributed by atoms with Crippen LogP contribution in [0.15, 0.2) is 16.0 Å². The number of carbonyl (C=O) groups excluding carboxylic acids is 1. The van der Waals surface area contributed by atoms with Crippen LogP contribution >= 0.6 is 11.8 Å². The molecule has 0 aromatic carbocycles. The first-order valence-electron chi connectivity index (χ1n) is 7.35. The molecule has 2 heterocycles. The molecule has 7 nitrogen and oxygen atoms in total. The number of aliphatic hydroxyl groups excluding tert-OH is 1. The first kappa shape index (κ1) is 16.8. The van der Waals surface area contributed by atoms with Gasteiger partial charge in [0.15, 0.2) is 5.16 Å². The molecule has 1 unspecified atom stereocenters. The quantitative estimate of drug-likeness (QED) is 0.552. The zero-order valence-corrected chi connectivity index (χ0v) is 13.7. The van der Waals surface area contributed by atoms with Crippen molar-refractivity contribution in [3.8, 4) is 0 Å². The lowest BCUT2D eigenvalue weighted by Gasteiger charge is -2.36. The molecule has 122 valence electrons. The van der Waals surface area contributed by atoms with Crippen LogP contribution in [0.2, 0.25) is 0 Å². The van der Waals surface area contributed by atoms with E-state index in [0.29, 0.717) is 17.4 Å². The Bertz CT molecular complexity index is 586. The molecule has 1 saturated heterocycles. The van der Waals surface area contributed by atoms with E-state index in [1.165, 1.54) is 17.8 Å². The van der Waals surface area contributed by atoms with Crippen LogP contribution < -0.4 is 10.9 Å². The Morgan fingerprint density at radius 2 is 2.41 bits per heavy atom. The lowest BCUT2D eigenvalue weighted by atomic mass is 9.94. The van der Waals surface area contributed by atoms with E-state index in [1.54, 1.807) is 4.90 Å². The second-order valence-corrected chi connectivity index (χ2v) is 6.19. The normalized spacial score (nSPS) is 21.1. The minimum atomic E-state index is -0.462. The molecule has 1 fully saturated rings. The molecule has 1 aromatic heterocycles. The Morgan fingerprint density at radius 3 is 3.05 bits per heavy atom. The highest BCUT2D eigenvalue weighted by atomic mass is 32.2. The van der Waals surface area contributed by atoms with E-state index in [4.69, 9.17) is 0 Å². The van der Waals surface area contributed by atoms with Gasteiger partial charge in [-0.15, -0.1) is 0 Å². The van der Waals surface area contributed by atoms with E-state index >= 15 is 0 Å². The Hall–Kier alpha value is -1.54. The number of aliphatic hydroxyl groups is 1. The molecule has 3 N–H and O–H groups in total. The predicted molar refractivity (Wildman–Crippen MR) is 84.9 cm³/mol. The van der Waals surface area contributed by atoms with Crippen LogP contribution in [0.3, 0.4) is 0 Å². The third-order valence-corrected chi connectivity index (χ3v) is 4.76. The van der Waals surface area contributed by atoms with Gasteiger partial charge in [-0.05, 0) is 25.5 Å². The van der Waals surface area contributed by atoms with Crippen LogP contribution in [0.4, 0.5) is 4.79 Å². The molecule has 2 amide bonds. The lowest BCUT2D eigenvalue weighted by Crippen LogP contribution is -2.53. The fourth-order valence-electron chi connectivity index (χ4n) is 2.83. The van der Waals surface area contributed by atoms with E-state index in [2.05, 4.69) is 15.3 Å². The van der Waals surface area contributed by atoms with Crippen molar-refractivity contribution in [2.45, 2.75) is 43.4 Å². The zero-order chi connectivity index (χ0) is 16.2. The topological polar surface area (TPSA) is 98.3 Å². The van der Waals surface area contributed by atoms with E-state index in [9.17, 15) is 14.7 Å². The third-order valence-electron chi connectivity index (χ3n) is 4.18. The number of nitrogens with one attached hydrogen (secondary N) is 2. The van der Waals surface area contributed by atoms with Crippen molar-refractivity contribution in [3.63, 3.8) is 0 Å². The molecule has 1 atom stereocenters. The van der Waals surface area contributed by atoms with Crippen molar-refractivity contribution in [1.82, 2.24) is 20.2 Å². The second kappa shape index (κ2) is 7.15. The molecule has 2 rings (SSSR count). The predicted octanol–water partition coefficient (Wildman–Crippen LogP) is 0.938. The van der Waals surface area contributed by atoms with Crippen molar-refractivity contribution < 1.29 is 9.90 Å². The zero-order valence-electron chi connectivity index (χ0n) is 12.9. The Balaban J connectivity index is 2.04. The fraction of sp³-hybridized carbons (Fsp3) is 0.643. The maximum absolute atomic E-state index is 12.4. The summed E-state index contributed by atoms with van der Waals surface area (Å²) in [5.41, 5.74) is -0.175. The molecule has 0 spiro atoms. The molecule has 1 aromatic rings. The second-order valence-electron chi connectivity index (χ2n) is 5.40. The number of nitrogens with zero attached hydrogens (tertiary/aromatic N) is 2. The van der Waals surface area contributed by atoms with Gasteiger partial charge in [0.1, 0.15) is 0 Å². The van der Waals surface area contributed by atoms with E-state index in [-0.39, 0.29) is 24.7 Å².